The van der Waals surface area contributed by atoms with Gasteiger partial charge < -0.3 is 24.9 Å². The van der Waals surface area contributed by atoms with Gasteiger partial charge in [0.05, 0.1) is 31.5 Å². The number of para-hydroxylation sites is 1. The van der Waals surface area contributed by atoms with E-state index < -0.39 is 0 Å². The number of H-pyrrole nitrogens is 1. The van der Waals surface area contributed by atoms with E-state index in [-0.39, 0.29) is 12.0 Å². The molecule has 0 aliphatic carbocycles. The van der Waals surface area contributed by atoms with Crippen LogP contribution < -0.4 is 14.8 Å². The number of hydrogen-bond donors (Lipinski definition) is 3. The number of carbonyl (C=O) groups is 1. The first kappa shape index (κ1) is 25.9. The third kappa shape index (κ3) is 5.23. The Hall–Kier alpha value is -4.40. The van der Waals surface area contributed by atoms with E-state index in [9.17, 15) is 9.90 Å². The fourth-order valence-electron chi connectivity index (χ4n) is 5.34. The molecule has 1 aliphatic heterocycles. The van der Waals surface area contributed by atoms with Crippen LogP contribution in [0.25, 0.3) is 33.1 Å². The number of hydrogen-bond acceptors (Lipinski definition) is 6. The van der Waals surface area contributed by atoms with Gasteiger partial charge in [0.15, 0.2) is 0 Å². The van der Waals surface area contributed by atoms with Crippen LogP contribution in [-0.2, 0) is 6.54 Å². The molecule has 0 radical (unpaired) electrons. The number of rotatable bonds is 7. The average molecular weight is 537 g/mol. The summed E-state index contributed by atoms with van der Waals surface area (Å²) in [6.07, 6.45) is 1.44. The van der Waals surface area contributed by atoms with Crippen LogP contribution in [0.5, 0.6) is 11.5 Å². The Morgan fingerprint density at radius 1 is 0.975 bits per heavy atom. The highest BCUT2D eigenvalue weighted by molar-refractivity contribution is 6.14. The van der Waals surface area contributed by atoms with Crippen molar-refractivity contribution in [2.45, 2.75) is 25.5 Å². The van der Waals surface area contributed by atoms with E-state index in [1.54, 1.807) is 20.3 Å². The summed E-state index contributed by atoms with van der Waals surface area (Å²) in [5.41, 5.74) is 5.39. The Morgan fingerprint density at radius 2 is 1.68 bits per heavy atom. The number of piperidine rings is 1. The molecule has 1 aliphatic rings. The number of likely N-dealkylation sites (tertiary alicyclic amines) is 1. The third-order valence-corrected chi connectivity index (χ3v) is 7.53. The number of aliphatic hydroxyl groups is 1. The van der Waals surface area contributed by atoms with Crippen molar-refractivity contribution < 1.29 is 19.4 Å². The molecular formula is C32H32N4O4. The lowest BCUT2D eigenvalue weighted by atomic mass is 10.1. The Balaban J connectivity index is 1.32. The van der Waals surface area contributed by atoms with Crippen LogP contribution in [0.4, 0.5) is 5.69 Å². The van der Waals surface area contributed by atoms with Gasteiger partial charge in [-0.2, -0.15) is 0 Å². The zero-order valence-corrected chi connectivity index (χ0v) is 22.6. The SMILES string of the molecule is COc1cc(OC)cc(-c2nc(C(=O)Nc3ccc(CN4CCC(O)CC4)cc3)cc3c2[nH]c2ccccc23)c1. The van der Waals surface area contributed by atoms with Crippen molar-refractivity contribution in [2.24, 2.45) is 0 Å². The maximum atomic E-state index is 13.5. The van der Waals surface area contributed by atoms with Crippen LogP contribution in [0, 0.1) is 0 Å². The first-order chi connectivity index (χ1) is 19.5. The summed E-state index contributed by atoms with van der Waals surface area (Å²) in [6, 6.07) is 23.3. The molecule has 0 bridgehead atoms. The molecule has 40 heavy (non-hydrogen) atoms. The van der Waals surface area contributed by atoms with Gasteiger partial charge in [0.2, 0.25) is 0 Å². The van der Waals surface area contributed by atoms with Crippen molar-refractivity contribution in [1.29, 1.82) is 0 Å². The fraction of sp³-hybridized carbons (Fsp3) is 0.250. The van der Waals surface area contributed by atoms with E-state index in [4.69, 9.17) is 14.5 Å². The number of carbonyl (C=O) groups excluding carboxylic acids is 1. The number of nitrogens with zero attached hydrogens (tertiary/aromatic N) is 2. The monoisotopic (exact) mass is 536 g/mol. The second-order valence-corrected chi connectivity index (χ2v) is 10.2. The van der Waals surface area contributed by atoms with Crippen molar-refractivity contribution in [1.82, 2.24) is 14.9 Å². The Labute approximate surface area is 232 Å². The summed E-state index contributed by atoms with van der Waals surface area (Å²) in [5, 5.41) is 14.7. The molecule has 2 aromatic heterocycles. The number of benzene rings is 3. The number of anilines is 1. The number of aliphatic hydroxyl groups excluding tert-OH is 1. The molecular weight excluding hydrogens is 504 g/mol. The maximum Gasteiger partial charge on any atom is 0.274 e. The summed E-state index contributed by atoms with van der Waals surface area (Å²) >= 11 is 0. The maximum absolute atomic E-state index is 13.5. The summed E-state index contributed by atoms with van der Waals surface area (Å²) in [5.74, 6) is 0.980. The van der Waals surface area contributed by atoms with Crippen molar-refractivity contribution >= 4 is 33.4 Å². The largest absolute Gasteiger partial charge is 0.497 e. The van der Waals surface area contributed by atoms with Crippen LogP contribution in [0.15, 0.2) is 72.8 Å². The number of aromatic amines is 1. The average Bonchev–Trinajstić information content (AvgIpc) is 3.37. The minimum atomic E-state index is -0.291. The van der Waals surface area contributed by atoms with Crippen LogP contribution >= 0.6 is 0 Å². The zero-order chi connectivity index (χ0) is 27.6. The summed E-state index contributed by atoms with van der Waals surface area (Å²) < 4.78 is 11.0. The van der Waals surface area contributed by atoms with Gasteiger partial charge in [0.1, 0.15) is 17.2 Å². The predicted molar refractivity (Wildman–Crippen MR) is 157 cm³/mol. The second kappa shape index (κ2) is 11.0. The summed E-state index contributed by atoms with van der Waals surface area (Å²) in [6.45, 7) is 2.61. The van der Waals surface area contributed by atoms with Gasteiger partial charge in [-0.1, -0.05) is 30.3 Å². The predicted octanol–water partition coefficient (Wildman–Crippen LogP) is 5.61. The topological polar surface area (TPSA) is 99.7 Å². The van der Waals surface area contributed by atoms with Gasteiger partial charge in [-0.05, 0) is 54.8 Å². The number of pyridine rings is 1. The van der Waals surface area contributed by atoms with Crippen LogP contribution in [-0.4, -0.2) is 59.3 Å². The highest BCUT2D eigenvalue weighted by Crippen LogP contribution is 2.36. The Bertz CT molecular complexity index is 1650. The van der Waals surface area contributed by atoms with Gasteiger partial charge in [-0.3, -0.25) is 9.69 Å². The summed E-state index contributed by atoms with van der Waals surface area (Å²) in [4.78, 5) is 24.2. The lowest BCUT2D eigenvalue weighted by Crippen LogP contribution is -2.35. The van der Waals surface area contributed by atoms with Crippen molar-refractivity contribution in [3.05, 3.63) is 84.1 Å². The molecule has 1 saturated heterocycles. The molecule has 3 N–H and O–H groups in total. The van der Waals surface area contributed by atoms with Gasteiger partial charge >= 0.3 is 0 Å². The quantitative estimate of drug-likeness (QED) is 0.250. The van der Waals surface area contributed by atoms with Gasteiger partial charge in [-0.15, -0.1) is 0 Å². The molecule has 8 heteroatoms. The van der Waals surface area contributed by atoms with E-state index in [2.05, 4.69) is 15.2 Å². The highest BCUT2D eigenvalue weighted by atomic mass is 16.5. The van der Waals surface area contributed by atoms with E-state index in [0.29, 0.717) is 28.6 Å². The van der Waals surface area contributed by atoms with E-state index in [0.717, 1.165) is 59.8 Å². The highest BCUT2D eigenvalue weighted by Gasteiger charge is 2.19. The Morgan fingerprint density at radius 3 is 2.38 bits per heavy atom. The number of aromatic nitrogens is 2. The minimum Gasteiger partial charge on any atom is -0.497 e. The minimum absolute atomic E-state index is 0.183. The number of fused-ring (bicyclic) bond motifs is 3. The first-order valence-corrected chi connectivity index (χ1v) is 13.5. The zero-order valence-electron chi connectivity index (χ0n) is 22.6. The second-order valence-electron chi connectivity index (χ2n) is 10.2. The fourth-order valence-corrected chi connectivity index (χ4v) is 5.34. The third-order valence-electron chi connectivity index (χ3n) is 7.53. The van der Waals surface area contributed by atoms with Crippen molar-refractivity contribution in [3.8, 4) is 22.8 Å². The number of nitrogens with one attached hydrogen (secondary N) is 2. The molecule has 0 spiro atoms. The van der Waals surface area contributed by atoms with Gasteiger partial charge in [0, 0.05) is 53.2 Å². The molecule has 5 aromatic rings. The van der Waals surface area contributed by atoms with Gasteiger partial charge in [0.25, 0.3) is 5.91 Å². The first-order valence-electron chi connectivity index (χ1n) is 13.5. The standard InChI is InChI=1S/C32H32N4O4/c1-39-24-15-21(16-25(17-24)40-2)30-31-27(26-5-3-4-6-28(26)34-31)18-29(35-30)32(38)33-22-9-7-20(8-10-22)19-36-13-11-23(37)12-14-36/h3-10,15-18,23,34,37H,11-14,19H2,1-2H3,(H,33,38). The molecule has 0 atom stereocenters. The molecule has 0 saturated carbocycles. The van der Waals surface area contributed by atoms with Gasteiger partial charge in [-0.25, -0.2) is 4.98 Å². The van der Waals surface area contributed by atoms with E-state index in [1.807, 2.05) is 66.7 Å². The van der Waals surface area contributed by atoms with E-state index >= 15 is 0 Å². The van der Waals surface area contributed by atoms with Crippen molar-refractivity contribution in [3.63, 3.8) is 0 Å². The molecule has 204 valence electrons. The van der Waals surface area contributed by atoms with Crippen molar-refractivity contribution in [2.75, 3.05) is 32.6 Å². The van der Waals surface area contributed by atoms with Crippen LogP contribution in [0.1, 0.15) is 28.9 Å². The molecule has 6 rings (SSSR count). The molecule has 0 unspecified atom stereocenters. The molecule has 1 fully saturated rings. The number of amides is 1. The smallest absolute Gasteiger partial charge is 0.274 e. The normalized spacial score (nSPS) is 14.5. The summed E-state index contributed by atoms with van der Waals surface area (Å²) in [7, 11) is 3.22. The number of methoxy groups -OCH3 is 2. The van der Waals surface area contributed by atoms with Crippen LogP contribution in [0.3, 0.4) is 0 Å². The number of ether oxygens (including phenoxy) is 2. The lowest BCUT2D eigenvalue weighted by molar-refractivity contribution is 0.0792. The van der Waals surface area contributed by atoms with E-state index in [1.165, 1.54) is 5.56 Å². The Kier molecular flexibility index (Phi) is 7.11. The molecule has 3 aromatic carbocycles. The molecule has 8 nitrogen and oxygen atoms in total. The van der Waals surface area contributed by atoms with Crippen LogP contribution in [0.2, 0.25) is 0 Å². The molecule has 1 amide bonds. The lowest BCUT2D eigenvalue weighted by Gasteiger charge is -2.29. The molecule has 3 heterocycles.